The van der Waals surface area contributed by atoms with Crippen LogP contribution >= 0.6 is 11.3 Å². The molecule has 11 heteroatoms. The quantitative estimate of drug-likeness (QED) is 0.773. The monoisotopic (exact) mass is 401 g/mol. The zero-order valence-corrected chi connectivity index (χ0v) is 14.8. The van der Waals surface area contributed by atoms with E-state index in [1.54, 1.807) is 19.1 Å². The van der Waals surface area contributed by atoms with Gasteiger partial charge in [-0.1, -0.05) is 0 Å². The van der Waals surface area contributed by atoms with Gasteiger partial charge in [-0.3, -0.25) is 0 Å². The lowest BCUT2D eigenvalue weighted by atomic mass is 10.1. The third-order valence-electron chi connectivity index (χ3n) is 3.60. The second-order valence-corrected chi connectivity index (χ2v) is 6.32. The van der Waals surface area contributed by atoms with Gasteiger partial charge in [-0.15, -0.1) is 11.3 Å². The summed E-state index contributed by atoms with van der Waals surface area (Å²) in [6.45, 7) is 1.69. The number of anilines is 1. The Labute approximate surface area is 155 Å². The standard InChI is InChI=1S/C16H14F3N3O4S/c1-2-25-13(23)12-9-27-14(20-12)22-15(24,16(17,18)19)8-10(21-22)5-6-11-4-3-7-26-11/h3-7,9,24H,2,8H2,1H3/b6-5+/t15-/m0/s1. The van der Waals surface area contributed by atoms with Crippen molar-refractivity contribution < 1.29 is 32.2 Å². The summed E-state index contributed by atoms with van der Waals surface area (Å²) in [5.41, 5.74) is -3.46. The minimum absolute atomic E-state index is 0.0286. The van der Waals surface area contributed by atoms with Crippen LogP contribution in [0.3, 0.4) is 0 Å². The third kappa shape index (κ3) is 3.74. The molecule has 0 aliphatic carbocycles. The van der Waals surface area contributed by atoms with Crippen LogP contribution in [0.1, 0.15) is 29.6 Å². The zero-order chi connectivity index (χ0) is 19.7. The predicted octanol–water partition coefficient (Wildman–Crippen LogP) is 3.44. The van der Waals surface area contributed by atoms with Gasteiger partial charge in [-0.25, -0.2) is 9.78 Å². The molecule has 144 valence electrons. The zero-order valence-electron chi connectivity index (χ0n) is 13.9. The molecule has 0 amide bonds. The highest BCUT2D eigenvalue weighted by molar-refractivity contribution is 7.14. The molecule has 0 saturated carbocycles. The number of alkyl halides is 3. The van der Waals surface area contributed by atoms with Gasteiger partial charge in [0.2, 0.25) is 5.13 Å². The lowest BCUT2D eigenvalue weighted by Gasteiger charge is -2.32. The maximum atomic E-state index is 13.5. The van der Waals surface area contributed by atoms with E-state index in [2.05, 4.69) is 10.1 Å². The Balaban J connectivity index is 1.92. The second kappa shape index (κ2) is 7.16. The van der Waals surface area contributed by atoms with Crippen LogP contribution in [0.25, 0.3) is 6.08 Å². The van der Waals surface area contributed by atoms with Crippen molar-refractivity contribution in [3.05, 3.63) is 41.3 Å². The number of aliphatic hydroxyl groups is 1. The predicted molar refractivity (Wildman–Crippen MR) is 91.3 cm³/mol. The summed E-state index contributed by atoms with van der Waals surface area (Å²) in [4.78, 5) is 15.5. The molecule has 1 atom stereocenters. The number of nitrogens with zero attached hydrogens (tertiary/aromatic N) is 3. The number of furan rings is 1. The summed E-state index contributed by atoms with van der Waals surface area (Å²) < 4.78 is 50.4. The fourth-order valence-corrected chi connectivity index (χ4v) is 3.12. The third-order valence-corrected chi connectivity index (χ3v) is 4.42. The molecule has 0 radical (unpaired) electrons. The molecule has 27 heavy (non-hydrogen) atoms. The molecule has 3 rings (SSSR count). The first-order chi connectivity index (χ1) is 12.7. The average molecular weight is 401 g/mol. The molecular weight excluding hydrogens is 387 g/mol. The molecule has 0 spiro atoms. The maximum absolute atomic E-state index is 13.5. The fourth-order valence-electron chi connectivity index (χ4n) is 2.31. The van der Waals surface area contributed by atoms with E-state index in [9.17, 15) is 23.1 Å². The van der Waals surface area contributed by atoms with Gasteiger partial charge < -0.3 is 14.3 Å². The van der Waals surface area contributed by atoms with Gasteiger partial charge in [-0.05, 0) is 31.2 Å². The molecule has 1 aliphatic heterocycles. The number of aromatic nitrogens is 1. The van der Waals surface area contributed by atoms with Crippen LogP contribution < -0.4 is 5.01 Å². The Bertz CT molecular complexity index is 876. The number of ether oxygens (including phenoxy) is 1. The van der Waals surface area contributed by atoms with E-state index >= 15 is 0 Å². The number of carbonyl (C=O) groups is 1. The van der Waals surface area contributed by atoms with Crippen LogP contribution in [0.2, 0.25) is 0 Å². The second-order valence-electron chi connectivity index (χ2n) is 5.48. The Morgan fingerprint density at radius 2 is 2.30 bits per heavy atom. The van der Waals surface area contributed by atoms with Crippen LogP contribution in [0.15, 0.2) is 39.4 Å². The molecule has 3 heterocycles. The van der Waals surface area contributed by atoms with Gasteiger partial charge in [0.05, 0.1) is 25.0 Å². The summed E-state index contributed by atoms with van der Waals surface area (Å²) >= 11 is 0.742. The first-order valence-electron chi connectivity index (χ1n) is 7.75. The summed E-state index contributed by atoms with van der Waals surface area (Å²) in [6.07, 6.45) is -1.64. The van der Waals surface area contributed by atoms with E-state index < -0.39 is 24.3 Å². The van der Waals surface area contributed by atoms with Gasteiger partial charge in [0.15, 0.2) is 5.69 Å². The van der Waals surface area contributed by atoms with Crippen molar-refractivity contribution in [2.24, 2.45) is 5.10 Å². The minimum atomic E-state index is -5.01. The number of hydrazone groups is 1. The Hall–Kier alpha value is -2.66. The van der Waals surface area contributed by atoms with E-state index in [-0.39, 0.29) is 23.1 Å². The fraction of sp³-hybridized carbons (Fsp3) is 0.312. The van der Waals surface area contributed by atoms with Crippen molar-refractivity contribution >= 4 is 34.2 Å². The molecule has 0 bridgehead atoms. The van der Waals surface area contributed by atoms with Gasteiger partial charge in [-0.2, -0.15) is 23.3 Å². The van der Waals surface area contributed by atoms with Crippen LogP contribution in [0.4, 0.5) is 18.3 Å². The van der Waals surface area contributed by atoms with Crippen molar-refractivity contribution in [1.82, 2.24) is 4.98 Å². The van der Waals surface area contributed by atoms with Crippen LogP contribution in [0, 0.1) is 0 Å². The van der Waals surface area contributed by atoms with Crippen LogP contribution in [-0.4, -0.2) is 40.3 Å². The molecule has 0 fully saturated rings. The lowest BCUT2D eigenvalue weighted by Crippen LogP contribution is -2.55. The molecule has 0 unspecified atom stereocenters. The van der Waals surface area contributed by atoms with Gasteiger partial charge in [0.25, 0.3) is 5.72 Å². The number of halogens is 3. The Morgan fingerprint density at radius 1 is 1.52 bits per heavy atom. The number of thiazole rings is 1. The van der Waals surface area contributed by atoms with Gasteiger partial charge in [0.1, 0.15) is 5.76 Å². The number of carbonyl (C=O) groups excluding carboxylic acids is 1. The minimum Gasteiger partial charge on any atom is -0.465 e. The van der Waals surface area contributed by atoms with E-state index in [1.165, 1.54) is 23.8 Å². The van der Waals surface area contributed by atoms with Gasteiger partial charge >= 0.3 is 12.1 Å². The number of rotatable bonds is 5. The highest BCUT2D eigenvalue weighted by Gasteiger charge is 2.62. The number of hydrogen-bond donors (Lipinski definition) is 1. The summed E-state index contributed by atoms with van der Waals surface area (Å²) in [5, 5.41) is 15.5. The van der Waals surface area contributed by atoms with E-state index in [1.807, 2.05) is 0 Å². The molecule has 0 aromatic carbocycles. The van der Waals surface area contributed by atoms with Crippen molar-refractivity contribution in [2.75, 3.05) is 11.6 Å². The van der Waals surface area contributed by atoms with Crippen LogP contribution in [0.5, 0.6) is 0 Å². The largest absolute Gasteiger partial charge is 0.465 e. The van der Waals surface area contributed by atoms with Crippen LogP contribution in [-0.2, 0) is 4.74 Å². The summed E-state index contributed by atoms with van der Waals surface area (Å²) in [6, 6.07) is 3.24. The first-order valence-corrected chi connectivity index (χ1v) is 8.63. The normalized spacial score (nSPS) is 20.3. The maximum Gasteiger partial charge on any atom is 0.438 e. The lowest BCUT2D eigenvalue weighted by molar-refractivity contribution is -0.254. The molecule has 1 aliphatic rings. The van der Waals surface area contributed by atoms with Crippen molar-refractivity contribution in [1.29, 1.82) is 0 Å². The molecule has 2 aromatic heterocycles. The number of hydrogen-bond acceptors (Lipinski definition) is 8. The average Bonchev–Trinajstić information content (AvgIpc) is 3.32. The van der Waals surface area contributed by atoms with Crippen molar-refractivity contribution in [3.8, 4) is 0 Å². The van der Waals surface area contributed by atoms with E-state index in [0.29, 0.717) is 10.8 Å². The number of esters is 1. The SMILES string of the molecule is CCOC(=O)c1csc(N2N=C(/C=C/c3ccco3)C[C@]2(O)C(F)(F)F)n1. The Kier molecular flexibility index (Phi) is 5.07. The van der Waals surface area contributed by atoms with E-state index in [4.69, 9.17) is 9.15 Å². The highest BCUT2D eigenvalue weighted by atomic mass is 32.1. The molecule has 0 saturated heterocycles. The van der Waals surface area contributed by atoms with Crippen molar-refractivity contribution in [3.63, 3.8) is 0 Å². The summed E-state index contributed by atoms with van der Waals surface area (Å²) in [5.74, 6) is -0.345. The number of allylic oxidation sites excluding steroid dienone is 1. The highest BCUT2D eigenvalue weighted by Crippen LogP contribution is 2.43. The molecule has 7 nitrogen and oxygen atoms in total. The van der Waals surface area contributed by atoms with Crippen molar-refractivity contribution in [2.45, 2.75) is 25.2 Å². The topological polar surface area (TPSA) is 88.2 Å². The molecule has 1 N–H and O–H groups in total. The molecular formula is C16H14F3N3O4S. The smallest absolute Gasteiger partial charge is 0.438 e. The molecule has 2 aromatic rings. The summed E-state index contributed by atoms with van der Waals surface area (Å²) in [7, 11) is 0. The first kappa shape index (κ1) is 19.1. The Morgan fingerprint density at radius 3 is 2.93 bits per heavy atom. The van der Waals surface area contributed by atoms with Gasteiger partial charge in [0, 0.05) is 5.38 Å². The van der Waals surface area contributed by atoms with E-state index in [0.717, 1.165) is 11.3 Å².